The molecule has 1 aromatic carbocycles. The van der Waals surface area contributed by atoms with Crippen molar-refractivity contribution in [2.24, 2.45) is 0 Å². The molecule has 6 rings (SSSR count). The number of piperazine rings is 2. The highest BCUT2D eigenvalue weighted by atomic mass is 32.1. The number of benzene rings is 1. The molecule has 2 fully saturated rings. The molecular formula is C29H39N9O2S. The number of rotatable bonds is 11. The first-order chi connectivity index (χ1) is 20.2. The van der Waals surface area contributed by atoms with Crippen LogP contribution in [0.2, 0.25) is 0 Å². The Morgan fingerprint density at radius 1 is 1.00 bits per heavy atom. The zero-order chi connectivity index (χ0) is 28.0. The summed E-state index contributed by atoms with van der Waals surface area (Å²) in [4.78, 5) is 30.3. The lowest BCUT2D eigenvalue weighted by atomic mass is 10.1. The summed E-state index contributed by atoms with van der Waals surface area (Å²) in [7, 11) is 0. The zero-order valence-electron chi connectivity index (χ0n) is 23.4. The van der Waals surface area contributed by atoms with Gasteiger partial charge in [-0.25, -0.2) is 15.4 Å². The number of aromatic amines is 1. The Morgan fingerprint density at radius 2 is 1.83 bits per heavy atom. The van der Waals surface area contributed by atoms with Gasteiger partial charge in [0.1, 0.15) is 0 Å². The molecule has 0 radical (unpaired) electrons. The zero-order valence-corrected chi connectivity index (χ0v) is 24.3. The number of aromatic nitrogens is 4. The SMILES string of the molecule is O=C(CCCCCCN1CCN(c2nc(-c3cccc4[nH]ncc34)nc3cc(CN4CCNCC4)sc23)CC1)NO. The average molecular weight is 578 g/mol. The summed E-state index contributed by atoms with van der Waals surface area (Å²) in [5.74, 6) is 1.50. The van der Waals surface area contributed by atoms with Crippen molar-refractivity contribution in [3.05, 3.63) is 35.3 Å². The number of thiophene rings is 1. The lowest BCUT2D eigenvalue weighted by Gasteiger charge is -2.35. The van der Waals surface area contributed by atoms with Crippen LogP contribution in [0.1, 0.15) is 37.0 Å². The molecule has 0 bridgehead atoms. The van der Waals surface area contributed by atoms with E-state index < -0.39 is 0 Å². The van der Waals surface area contributed by atoms with Crippen molar-refractivity contribution in [2.75, 3.05) is 63.8 Å². The normalized spacial score (nSPS) is 17.0. The van der Waals surface area contributed by atoms with Crippen LogP contribution in [0.25, 0.3) is 32.5 Å². The Labute approximate surface area is 243 Å². The van der Waals surface area contributed by atoms with E-state index in [-0.39, 0.29) is 5.91 Å². The van der Waals surface area contributed by atoms with Gasteiger partial charge in [-0.05, 0) is 31.5 Å². The van der Waals surface area contributed by atoms with Gasteiger partial charge in [0.25, 0.3) is 0 Å². The highest BCUT2D eigenvalue weighted by Crippen LogP contribution is 2.36. The number of amides is 1. The molecule has 218 valence electrons. The summed E-state index contributed by atoms with van der Waals surface area (Å²) in [6.45, 7) is 10.1. The highest BCUT2D eigenvalue weighted by Gasteiger charge is 2.24. The van der Waals surface area contributed by atoms with Gasteiger partial charge in [-0.1, -0.05) is 25.0 Å². The fraction of sp³-hybridized carbons (Fsp3) is 0.517. The van der Waals surface area contributed by atoms with E-state index in [0.717, 1.165) is 125 Å². The summed E-state index contributed by atoms with van der Waals surface area (Å²) in [6.07, 6.45) is 6.29. The predicted octanol–water partition coefficient (Wildman–Crippen LogP) is 3.22. The third-order valence-electron chi connectivity index (χ3n) is 8.14. The van der Waals surface area contributed by atoms with E-state index in [2.05, 4.69) is 42.3 Å². The number of hydrogen-bond donors (Lipinski definition) is 4. The minimum absolute atomic E-state index is 0.300. The average Bonchev–Trinajstić information content (AvgIpc) is 3.66. The highest BCUT2D eigenvalue weighted by molar-refractivity contribution is 7.19. The number of nitrogens with one attached hydrogen (secondary N) is 3. The monoisotopic (exact) mass is 577 g/mol. The Hall–Kier alpha value is -3.16. The summed E-state index contributed by atoms with van der Waals surface area (Å²) in [5.41, 5.74) is 4.72. The molecule has 0 unspecified atom stereocenters. The molecule has 5 heterocycles. The van der Waals surface area contributed by atoms with E-state index in [1.807, 2.05) is 29.7 Å². The number of carbonyl (C=O) groups is 1. The molecule has 0 aliphatic carbocycles. The number of fused-ring (bicyclic) bond motifs is 2. The first-order valence-electron chi connectivity index (χ1n) is 14.7. The summed E-state index contributed by atoms with van der Waals surface area (Å²) >= 11 is 1.84. The van der Waals surface area contributed by atoms with Gasteiger partial charge < -0.3 is 10.2 Å². The fourth-order valence-corrected chi connectivity index (χ4v) is 7.00. The van der Waals surface area contributed by atoms with Crippen LogP contribution in [0.15, 0.2) is 30.5 Å². The topological polar surface area (TPSA) is 126 Å². The van der Waals surface area contributed by atoms with Gasteiger partial charge in [0.15, 0.2) is 11.6 Å². The molecule has 3 aromatic heterocycles. The third kappa shape index (κ3) is 6.68. The van der Waals surface area contributed by atoms with Crippen LogP contribution in [-0.2, 0) is 11.3 Å². The van der Waals surface area contributed by atoms with Gasteiger partial charge in [0.05, 0.1) is 21.9 Å². The second-order valence-corrected chi connectivity index (χ2v) is 12.1. The quantitative estimate of drug-likeness (QED) is 0.121. The van der Waals surface area contributed by atoms with Crippen LogP contribution >= 0.6 is 11.3 Å². The molecule has 0 atom stereocenters. The van der Waals surface area contributed by atoms with Gasteiger partial charge in [0, 0.05) is 81.2 Å². The molecule has 2 aliphatic rings. The molecule has 11 nitrogen and oxygen atoms in total. The lowest BCUT2D eigenvalue weighted by molar-refractivity contribution is -0.129. The van der Waals surface area contributed by atoms with E-state index in [1.165, 1.54) is 9.58 Å². The van der Waals surface area contributed by atoms with Gasteiger partial charge >= 0.3 is 0 Å². The number of hydrogen-bond acceptors (Lipinski definition) is 10. The summed E-state index contributed by atoms with van der Waals surface area (Å²) in [5, 5.41) is 20.4. The number of hydroxylamine groups is 1. The van der Waals surface area contributed by atoms with Gasteiger partial charge in [-0.3, -0.25) is 24.9 Å². The predicted molar refractivity (Wildman–Crippen MR) is 162 cm³/mol. The number of anilines is 1. The van der Waals surface area contributed by atoms with Crippen molar-refractivity contribution in [2.45, 2.75) is 38.6 Å². The van der Waals surface area contributed by atoms with Crippen molar-refractivity contribution >= 4 is 44.2 Å². The maximum Gasteiger partial charge on any atom is 0.243 e. The van der Waals surface area contributed by atoms with Crippen molar-refractivity contribution in [3.8, 4) is 11.4 Å². The second kappa shape index (κ2) is 13.2. The molecule has 4 aromatic rings. The number of unbranched alkanes of at least 4 members (excludes halogenated alkanes) is 3. The Bertz CT molecular complexity index is 1460. The Balaban J connectivity index is 1.18. The minimum Gasteiger partial charge on any atom is -0.353 e. The van der Waals surface area contributed by atoms with E-state index in [4.69, 9.17) is 15.2 Å². The molecule has 41 heavy (non-hydrogen) atoms. The maximum atomic E-state index is 11.2. The molecule has 2 aliphatic heterocycles. The first-order valence-corrected chi connectivity index (χ1v) is 15.6. The van der Waals surface area contributed by atoms with Crippen LogP contribution in [0.5, 0.6) is 0 Å². The van der Waals surface area contributed by atoms with Crippen LogP contribution in [0, 0.1) is 0 Å². The van der Waals surface area contributed by atoms with Crippen molar-refractivity contribution in [3.63, 3.8) is 0 Å². The standard InChI is InChI=1S/C29H39N9O2S/c39-26(35-40)8-3-1-2-4-11-36-14-16-38(17-15-36)29-27-25(18-21(41-27)20-37-12-9-30-10-13-37)32-28(33-29)22-6-5-7-24-23(22)19-31-34-24/h5-7,18-19,30,40H,1-4,8-17,20H2,(H,31,34)(H,35,39). The maximum absolute atomic E-state index is 11.2. The first kappa shape index (κ1) is 28.0. The molecule has 2 saturated heterocycles. The van der Waals surface area contributed by atoms with E-state index in [9.17, 15) is 4.79 Å². The molecule has 0 spiro atoms. The van der Waals surface area contributed by atoms with Gasteiger partial charge in [0.2, 0.25) is 5.91 Å². The van der Waals surface area contributed by atoms with Gasteiger partial charge in [-0.15, -0.1) is 11.3 Å². The largest absolute Gasteiger partial charge is 0.353 e. The van der Waals surface area contributed by atoms with Crippen LogP contribution in [0.3, 0.4) is 0 Å². The third-order valence-corrected chi connectivity index (χ3v) is 9.25. The Kier molecular flexibility index (Phi) is 9.02. The van der Waals surface area contributed by atoms with E-state index >= 15 is 0 Å². The minimum atomic E-state index is -0.300. The Morgan fingerprint density at radius 3 is 2.66 bits per heavy atom. The molecular weight excluding hydrogens is 538 g/mol. The summed E-state index contributed by atoms with van der Waals surface area (Å²) < 4.78 is 1.18. The van der Waals surface area contributed by atoms with Crippen molar-refractivity contribution < 1.29 is 10.0 Å². The number of H-pyrrole nitrogens is 1. The molecule has 4 N–H and O–H groups in total. The van der Waals surface area contributed by atoms with Crippen molar-refractivity contribution in [1.82, 2.24) is 40.8 Å². The lowest BCUT2D eigenvalue weighted by Crippen LogP contribution is -2.47. The molecule has 1 amide bonds. The van der Waals surface area contributed by atoms with Crippen molar-refractivity contribution in [1.29, 1.82) is 0 Å². The number of carbonyl (C=O) groups excluding carboxylic acids is 1. The van der Waals surface area contributed by atoms with Crippen LogP contribution in [-0.4, -0.2) is 100.0 Å². The smallest absolute Gasteiger partial charge is 0.243 e. The number of nitrogens with zero attached hydrogens (tertiary/aromatic N) is 6. The van der Waals surface area contributed by atoms with Crippen LogP contribution < -0.4 is 15.7 Å². The molecule has 0 saturated carbocycles. The molecule has 12 heteroatoms. The second-order valence-electron chi connectivity index (χ2n) is 11.0. The van der Waals surface area contributed by atoms with Crippen LogP contribution in [0.4, 0.5) is 5.82 Å². The summed E-state index contributed by atoms with van der Waals surface area (Å²) in [6, 6.07) is 8.43. The van der Waals surface area contributed by atoms with E-state index in [1.54, 1.807) is 5.48 Å². The van der Waals surface area contributed by atoms with Gasteiger partial charge in [-0.2, -0.15) is 5.10 Å². The fourth-order valence-electron chi connectivity index (χ4n) is 5.84. The van der Waals surface area contributed by atoms with E-state index in [0.29, 0.717) is 6.42 Å².